The van der Waals surface area contributed by atoms with Gasteiger partial charge < -0.3 is 0 Å². The molecule has 1 heterocycles. The molecule has 1 saturated heterocycles. The summed E-state index contributed by atoms with van der Waals surface area (Å²) in [5, 5.41) is -1.52. The SMILES string of the molecule is CC(C)(C)[P+](C1CC[B-](c2c(F)c(F)c(F)c(F)c2F)(c2c(F)c(F)c(F)c(F)c2F)C1)(C(C)(C)C)C(C)(C)C. The summed E-state index contributed by atoms with van der Waals surface area (Å²) in [7, 11) is -2.54. The van der Waals surface area contributed by atoms with Crippen LogP contribution in [-0.4, -0.2) is 27.3 Å². The second-order valence-electron chi connectivity index (χ2n) is 13.9. The lowest BCUT2D eigenvalue weighted by Crippen LogP contribution is -2.63. The Morgan fingerprint density at radius 2 is 0.725 bits per heavy atom. The van der Waals surface area contributed by atoms with Gasteiger partial charge in [0.2, 0.25) is 0 Å². The van der Waals surface area contributed by atoms with E-state index in [2.05, 4.69) is 0 Å². The minimum atomic E-state index is -3.72. The third kappa shape index (κ3) is 4.30. The molecule has 40 heavy (non-hydrogen) atoms. The van der Waals surface area contributed by atoms with Crippen LogP contribution in [0.25, 0.3) is 0 Å². The van der Waals surface area contributed by atoms with Crippen molar-refractivity contribution in [3.05, 3.63) is 58.2 Å². The van der Waals surface area contributed by atoms with Crippen molar-refractivity contribution in [2.75, 3.05) is 0 Å². The first-order valence-electron chi connectivity index (χ1n) is 13.0. The van der Waals surface area contributed by atoms with E-state index < -0.39 is 116 Å². The van der Waals surface area contributed by atoms with Gasteiger partial charge >= 0.3 is 0 Å². The summed E-state index contributed by atoms with van der Waals surface area (Å²) in [4.78, 5) is 0. The average Bonchev–Trinajstić information content (AvgIpc) is 3.21. The molecule has 224 valence electrons. The molecule has 0 spiro atoms. The summed E-state index contributed by atoms with van der Waals surface area (Å²) < 4.78 is 148. The molecule has 1 aliphatic heterocycles. The van der Waals surface area contributed by atoms with Crippen molar-refractivity contribution in [3.63, 3.8) is 0 Å². The lowest BCUT2D eigenvalue weighted by atomic mass is 9.17. The Balaban J connectivity index is 2.57. The average molecular weight is 602 g/mol. The first kappa shape index (κ1) is 32.7. The minimum Gasteiger partial charge on any atom is -0.207 e. The number of rotatable bonds is 3. The smallest absolute Gasteiger partial charge is 0.200 e. The van der Waals surface area contributed by atoms with Crippen LogP contribution in [0, 0.1) is 58.2 Å². The highest BCUT2D eigenvalue weighted by atomic mass is 31.2. The second-order valence-corrected chi connectivity index (χ2v) is 20.1. The van der Waals surface area contributed by atoms with Crippen LogP contribution in [0.3, 0.4) is 0 Å². The second kappa shape index (κ2) is 9.91. The van der Waals surface area contributed by atoms with Gasteiger partial charge in [-0.15, -0.1) is 17.2 Å². The van der Waals surface area contributed by atoms with Gasteiger partial charge in [0.25, 0.3) is 0 Å². The van der Waals surface area contributed by atoms with Crippen molar-refractivity contribution in [3.8, 4) is 0 Å². The van der Waals surface area contributed by atoms with Gasteiger partial charge in [-0.1, -0.05) is 6.42 Å². The Labute approximate surface area is 229 Å². The van der Waals surface area contributed by atoms with Crippen molar-refractivity contribution in [2.24, 2.45) is 0 Å². The van der Waals surface area contributed by atoms with E-state index in [9.17, 15) is 26.3 Å². The van der Waals surface area contributed by atoms with Gasteiger partial charge in [0.05, 0.1) is 21.6 Å². The summed E-state index contributed by atoms with van der Waals surface area (Å²) in [6, 6.07) is 0. The molecule has 0 amide bonds. The maximum absolute atomic E-state index is 15.5. The Kier molecular flexibility index (Phi) is 8.11. The van der Waals surface area contributed by atoms with E-state index in [1.165, 1.54) is 0 Å². The molecule has 3 rings (SSSR count). The predicted molar refractivity (Wildman–Crippen MR) is 142 cm³/mol. The summed E-state index contributed by atoms with van der Waals surface area (Å²) in [6.45, 7) is 17.6. The van der Waals surface area contributed by atoms with E-state index in [1.807, 2.05) is 62.3 Å². The molecule has 1 unspecified atom stereocenters. The summed E-state index contributed by atoms with van der Waals surface area (Å²) in [5.74, 6) is -23.8. The predicted octanol–water partition coefficient (Wildman–Crippen LogP) is 8.83. The van der Waals surface area contributed by atoms with Gasteiger partial charge in [0.1, 0.15) is 23.3 Å². The van der Waals surface area contributed by atoms with Gasteiger partial charge in [-0.05, 0) is 62.3 Å². The Hall–Kier alpha value is -1.77. The minimum absolute atomic E-state index is 0.0125. The fourth-order valence-electron chi connectivity index (χ4n) is 9.07. The van der Waals surface area contributed by atoms with Gasteiger partial charge in [0, 0.05) is 12.9 Å². The topological polar surface area (TPSA) is 0 Å². The number of hydrogen-bond donors (Lipinski definition) is 0. The standard InChI is InChI=1S/C28H34BF10P/c1-26(2,3)40(27(4,5)6,28(7,8)9)13-10-11-29(12-13,14-16(30)20(34)24(38)21(35)17(14)31)15-18(32)22(36)25(39)23(37)19(15)33/h13H,10-12H2,1-9H3. The van der Waals surface area contributed by atoms with Gasteiger partial charge in [-0.25, -0.2) is 43.9 Å². The van der Waals surface area contributed by atoms with Crippen LogP contribution in [-0.2, 0) is 0 Å². The molecule has 2 aromatic carbocycles. The lowest BCUT2D eigenvalue weighted by Gasteiger charge is -2.58. The fourth-order valence-corrected chi connectivity index (χ4v) is 19.6. The molecule has 0 radical (unpaired) electrons. The molecule has 0 aliphatic carbocycles. The van der Waals surface area contributed by atoms with Crippen molar-refractivity contribution in [1.29, 1.82) is 0 Å². The van der Waals surface area contributed by atoms with E-state index in [4.69, 9.17) is 0 Å². The molecule has 0 N–H and O–H groups in total. The monoisotopic (exact) mass is 602 g/mol. The van der Waals surface area contributed by atoms with E-state index in [0.29, 0.717) is 0 Å². The molecule has 1 fully saturated rings. The zero-order valence-electron chi connectivity index (χ0n) is 24.0. The number of hydrogen-bond acceptors (Lipinski definition) is 0. The van der Waals surface area contributed by atoms with Crippen molar-refractivity contribution >= 4 is 24.3 Å². The van der Waals surface area contributed by atoms with Gasteiger partial charge in [-0.3, -0.25) is 0 Å². The van der Waals surface area contributed by atoms with Crippen molar-refractivity contribution < 1.29 is 43.9 Å². The third-order valence-electron chi connectivity index (χ3n) is 8.98. The Morgan fingerprint density at radius 1 is 0.475 bits per heavy atom. The molecule has 0 nitrogen and oxygen atoms in total. The van der Waals surface area contributed by atoms with E-state index >= 15 is 17.6 Å². The number of benzene rings is 2. The normalized spacial score (nSPS) is 18.5. The van der Waals surface area contributed by atoms with Gasteiger partial charge in [0.15, 0.2) is 34.9 Å². The molecular formula is C28H34BF10P. The van der Waals surface area contributed by atoms with E-state index in [0.717, 1.165) is 0 Å². The molecule has 0 saturated carbocycles. The number of halogens is 10. The Bertz CT molecular complexity index is 1190. The molecule has 0 bridgehead atoms. The highest BCUT2D eigenvalue weighted by Gasteiger charge is 2.69. The zero-order chi connectivity index (χ0) is 31.1. The highest BCUT2D eigenvalue weighted by Crippen LogP contribution is 2.87. The summed E-state index contributed by atoms with van der Waals surface area (Å²) >= 11 is 0. The zero-order valence-corrected chi connectivity index (χ0v) is 24.9. The molecule has 0 aromatic heterocycles. The maximum atomic E-state index is 15.5. The van der Waals surface area contributed by atoms with Crippen molar-refractivity contribution in [1.82, 2.24) is 0 Å². The van der Waals surface area contributed by atoms with Crippen LogP contribution in [0.4, 0.5) is 43.9 Å². The maximum Gasteiger partial charge on any atom is 0.200 e. The first-order valence-corrected chi connectivity index (χ1v) is 14.9. The van der Waals surface area contributed by atoms with E-state index in [1.54, 1.807) is 0 Å². The van der Waals surface area contributed by atoms with Gasteiger partial charge in [-0.2, -0.15) is 6.32 Å². The largest absolute Gasteiger partial charge is 0.207 e. The van der Waals surface area contributed by atoms with Crippen LogP contribution in [0.2, 0.25) is 12.6 Å². The summed E-state index contributed by atoms with van der Waals surface area (Å²) in [5.41, 5.74) is -3.65. The highest BCUT2D eigenvalue weighted by molar-refractivity contribution is 7.80. The van der Waals surface area contributed by atoms with Crippen LogP contribution < -0.4 is 10.9 Å². The van der Waals surface area contributed by atoms with E-state index in [-0.39, 0.29) is 6.42 Å². The summed E-state index contributed by atoms with van der Waals surface area (Å²) in [6.07, 6.45) is -4.79. The fraction of sp³-hybridized carbons (Fsp3) is 0.571. The van der Waals surface area contributed by atoms with Crippen LogP contribution in [0.1, 0.15) is 68.7 Å². The molecule has 1 aliphatic rings. The van der Waals surface area contributed by atoms with Crippen molar-refractivity contribution in [2.45, 2.75) is 103 Å². The molecule has 1 atom stereocenters. The first-order chi connectivity index (χ1) is 17.9. The quantitative estimate of drug-likeness (QED) is 0.108. The third-order valence-corrected chi connectivity index (χ3v) is 16.9. The molecule has 2 aromatic rings. The molecular weight excluding hydrogens is 568 g/mol. The van der Waals surface area contributed by atoms with Crippen LogP contribution in [0.5, 0.6) is 0 Å². The Morgan fingerprint density at radius 3 is 0.975 bits per heavy atom. The van der Waals surface area contributed by atoms with Crippen LogP contribution in [0.15, 0.2) is 0 Å². The molecule has 12 heteroatoms. The lowest BCUT2D eigenvalue weighted by molar-refractivity contribution is 0.381. The van der Waals surface area contributed by atoms with Crippen LogP contribution >= 0.6 is 7.26 Å².